The van der Waals surface area contributed by atoms with E-state index in [0.29, 0.717) is 13.1 Å². The van der Waals surface area contributed by atoms with E-state index in [2.05, 4.69) is 13.8 Å². The van der Waals surface area contributed by atoms with E-state index in [1.54, 1.807) is 18.2 Å². The van der Waals surface area contributed by atoms with Gasteiger partial charge in [-0.15, -0.1) is 0 Å². The first kappa shape index (κ1) is 18.1. The summed E-state index contributed by atoms with van der Waals surface area (Å²) in [6.45, 7) is 8.21. The molecule has 130 valence electrons. The summed E-state index contributed by atoms with van der Waals surface area (Å²) in [6.07, 6.45) is 0. The Balaban J connectivity index is 2.40. The number of benzene rings is 1. The number of carbonyl (C=O) groups excluding carboxylic acids is 2. The van der Waals surface area contributed by atoms with Gasteiger partial charge in [0.05, 0.1) is 37.8 Å². The molecule has 0 radical (unpaired) electrons. The van der Waals surface area contributed by atoms with Gasteiger partial charge in [-0.25, -0.2) is 4.39 Å². The number of halogens is 1. The smallest absolute Gasteiger partial charge is 0.290 e. The van der Waals surface area contributed by atoms with Gasteiger partial charge in [0.1, 0.15) is 5.82 Å². The average Bonchev–Trinajstić information content (AvgIpc) is 2.81. The summed E-state index contributed by atoms with van der Waals surface area (Å²) in [5.41, 5.74) is 0.203. The molecular weight excluding hydrogens is 311 g/mol. The molecule has 1 aliphatic heterocycles. The molecule has 1 amide bonds. The third kappa shape index (κ3) is 3.33. The van der Waals surface area contributed by atoms with Crippen LogP contribution in [-0.2, 0) is 9.59 Å². The van der Waals surface area contributed by atoms with Gasteiger partial charge in [-0.2, -0.15) is 0 Å². The summed E-state index contributed by atoms with van der Waals surface area (Å²) in [7, 11) is 0. The lowest BCUT2D eigenvalue weighted by Crippen LogP contribution is -3.12. The molecule has 24 heavy (non-hydrogen) atoms. The highest BCUT2D eigenvalue weighted by Gasteiger charge is 2.43. The maximum Gasteiger partial charge on any atom is 0.290 e. The number of hydrogen-bond donors (Lipinski definition) is 2. The number of aliphatic hydroxyl groups is 1. The summed E-state index contributed by atoms with van der Waals surface area (Å²) in [5, 5.41) is 10.1. The molecule has 1 heterocycles. The highest BCUT2D eigenvalue weighted by atomic mass is 19.1. The highest BCUT2D eigenvalue weighted by molar-refractivity contribution is 6.08. The Kier molecular flexibility index (Phi) is 5.72. The van der Waals surface area contributed by atoms with E-state index >= 15 is 0 Å². The van der Waals surface area contributed by atoms with Crippen molar-refractivity contribution in [3.05, 3.63) is 47.0 Å². The van der Waals surface area contributed by atoms with E-state index in [1.165, 1.54) is 22.8 Å². The molecule has 0 saturated carbocycles. The lowest BCUT2D eigenvalue weighted by Gasteiger charge is -2.28. The Hall–Kier alpha value is -2.21. The van der Waals surface area contributed by atoms with Gasteiger partial charge in [0.25, 0.3) is 5.91 Å². The Labute approximate surface area is 141 Å². The lowest BCUT2D eigenvalue weighted by atomic mass is 9.96. The first-order valence-electron chi connectivity index (χ1n) is 8.25. The molecule has 1 aromatic rings. The Morgan fingerprint density at radius 1 is 1.29 bits per heavy atom. The SMILES string of the molecule is CC[NH+](CC)CCN1C(=O)C(O)=C(C(C)=O)[C@@H]1c1ccccc1F. The predicted octanol–water partition coefficient (Wildman–Crippen LogP) is 1.03. The van der Waals surface area contributed by atoms with Gasteiger partial charge in [0.2, 0.25) is 0 Å². The number of likely N-dealkylation sites (N-methyl/N-ethyl adjacent to an activating group) is 1. The molecule has 0 aromatic heterocycles. The normalized spacial score (nSPS) is 18.0. The van der Waals surface area contributed by atoms with Gasteiger partial charge in [-0.3, -0.25) is 9.59 Å². The fourth-order valence-corrected chi connectivity index (χ4v) is 3.15. The molecule has 1 aromatic carbocycles. The minimum absolute atomic E-state index is 0.0281. The van der Waals surface area contributed by atoms with Crippen molar-refractivity contribution >= 4 is 11.7 Å². The zero-order valence-corrected chi connectivity index (χ0v) is 14.3. The highest BCUT2D eigenvalue weighted by Crippen LogP contribution is 2.38. The molecule has 6 heteroatoms. The van der Waals surface area contributed by atoms with Crippen LogP contribution in [0, 0.1) is 5.82 Å². The van der Waals surface area contributed by atoms with Gasteiger partial charge < -0.3 is 14.9 Å². The van der Waals surface area contributed by atoms with Crippen molar-refractivity contribution in [3.63, 3.8) is 0 Å². The van der Waals surface area contributed by atoms with Crippen LogP contribution >= 0.6 is 0 Å². The van der Waals surface area contributed by atoms with Crippen molar-refractivity contribution in [2.75, 3.05) is 26.2 Å². The Bertz CT molecular complexity index is 668. The summed E-state index contributed by atoms with van der Waals surface area (Å²) >= 11 is 0. The first-order valence-corrected chi connectivity index (χ1v) is 8.25. The van der Waals surface area contributed by atoms with Gasteiger partial charge in [0, 0.05) is 5.56 Å². The predicted molar refractivity (Wildman–Crippen MR) is 88.1 cm³/mol. The second-order valence-electron chi connectivity index (χ2n) is 5.95. The molecule has 2 N–H and O–H groups in total. The van der Waals surface area contributed by atoms with Crippen LogP contribution in [0.25, 0.3) is 0 Å². The topological polar surface area (TPSA) is 62.1 Å². The molecule has 5 nitrogen and oxygen atoms in total. The van der Waals surface area contributed by atoms with Gasteiger partial charge in [-0.1, -0.05) is 18.2 Å². The molecule has 0 bridgehead atoms. The molecule has 0 spiro atoms. The van der Waals surface area contributed by atoms with E-state index in [-0.39, 0.29) is 11.1 Å². The minimum Gasteiger partial charge on any atom is -0.503 e. The Morgan fingerprint density at radius 2 is 1.92 bits per heavy atom. The van der Waals surface area contributed by atoms with Crippen LogP contribution in [0.4, 0.5) is 4.39 Å². The molecule has 1 aliphatic rings. The molecular formula is C18H24FN2O3+. The maximum absolute atomic E-state index is 14.3. The number of ketones is 1. The van der Waals surface area contributed by atoms with Crippen LogP contribution in [0.1, 0.15) is 32.4 Å². The third-order valence-corrected chi connectivity index (χ3v) is 4.59. The second-order valence-corrected chi connectivity index (χ2v) is 5.95. The van der Waals surface area contributed by atoms with Crippen molar-refractivity contribution in [2.45, 2.75) is 26.8 Å². The number of hydrogen-bond acceptors (Lipinski definition) is 3. The number of aliphatic hydroxyl groups excluding tert-OH is 1. The third-order valence-electron chi connectivity index (χ3n) is 4.59. The van der Waals surface area contributed by atoms with Crippen molar-refractivity contribution in [1.82, 2.24) is 4.90 Å². The van der Waals surface area contributed by atoms with E-state index in [1.807, 2.05) is 0 Å². The van der Waals surface area contributed by atoms with E-state index in [9.17, 15) is 19.1 Å². The molecule has 2 rings (SSSR count). The van der Waals surface area contributed by atoms with E-state index < -0.39 is 29.3 Å². The molecule has 0 fully saturated rings. The molecule has 0 unspecified atom stereocenters. The van der Waals surface area contributed by atoms with Crippen molar-refractivity contribution < 1.29 is 24.0 Å². The van der Waals surface area contributed by atoms with Crippen LogP contribution in [0.3, 0.4) is 0 Å². The van der Waals surface area contributed by atoms with Crippen molar-refractivity contribution in [1.29, 1.82) is 0 Å². The number of nitrogens with zero attached hydrogens (tertiary/aromatic N) is 1. The van der Waals surface area contributed by atoms with Gasteiger partial charge in [-0.05, 0) is 26.8 Å². The fraction of sp³-hybridized carbons (Fsp3) is 0.444. The minimum atomic E-state index is -0.869. The monoisotopic (exact) mass is 335 g/mol. The zero-order chi connectivity index (χ0) is 17.9. The number of carbonyl (C=O) groups is 2. The van der Waals surface area contributed by atoms with Gasteiger partial charge >= 0.3 is 0 Å². The number of nitrogens with one attached hydrogen (secondary N) is 1. The van der Waals surface area contributed by atoms with E-state index in [4.69, 9.17) is 0 Å². The summed E-state index contributed by atoms with van der Waals surface area (Å²) < 4.78 is 14.3. The number of amides is 1. The number of quaternary nitrogens is 1. The van der Waals surface area contributed by atoms with Crippen molar-refractivity contribution in [2.24, 2.45) is 0 Å². The van der Waals surface area contributed by atoms with Crippen molar-refractivity contribution in [3.8, 4) is 0 Å². The van der Waals surface area contributed by atoms with Crippen LogP contribution in [0.15, 0.2) is 35.6 Å². The van der Waals surface area contributed by atoms with Crippen LogP contribution < -0.4 is 4.90 Å². The van der Waals surface area contributed by atoms with Crippen LogP contribution in [0.5, 0.6) is 0 Å². The summed E-state index contributed by atoms with van der Waals surface area (Å²) in [6, 6.07) is 5.18. The van der Waals surface area contributed by atoms with Crippen LogP contribution in [0.2, 0.25) is 0 Å². The fourth-order valence-electron chi connectivity index (χ4n) is 3.15. The Morgan fingerprint density at radius 3 is 2.46 bits per heavy atom. The number of rotatable bonds is 7. The largest absolute Gasteiger partial charge is 0.503 e. The molecule has 0 saturated heterocycles. The average molecular weight is 335 g/mol. The summed E-state index contributed by atoms with van der Waals surface area (Å²) in [5.74, 6) is -2.10. The standard InChI is InChI=1S/C18H23FN2O3/c1-4-20(5-2)10-11-21-16(13-8-6-7-9-14(13)19)15(12(3)22)17(23)18(21)24/h6-9,16,23H,4-5,10-11H2,1-3H3/p+1/t16-/m0/s1. The van der Waals surface area contributed by atoms with Crippen LogP contribution in [-0.4, -0.2) is 47.9 Å². The molecule has 0 aliphatic carbocycles. The van der Waals surface area contributed by atoms with Gasteiger partial charge in [0.15, 0.2) is 11.5 Å². The molecule has 1 atom stereocenters. The number of Topliss-reactive ketones (excluding diaryl/α,β-unsaturated/α-hetero) is 1. The van der Waals surface area contributed by atoms with E-state index in [0.717, 1.165) is 13.1 Å². The quantitative estimate of drug-likeness (QED) is 0.782. The lowest BCUT2D eigenvalue weighted by molar-refractivity contribution is -0.895. The summed E-state index contributed by atoms with van der Waals surface area (Å²) in [4.78, 5) is 27.1. The second kappa shape index (κ2) is 7.57. The first-order chi connectivity index (χ1) is 11.4. The maximum atomic E-state index is 14.3. The zero-order valence-electron chi connectivity index (χ0n) is 14.3.